The van der Waals surface area contributed by atoms with Gasteiger partial charge in [-0.1, -0.05) is 23.7 Å². The van der Waals surface area contributed by atoms with Gasteiger partial charge in [-0.25, -0.2) is 0 Å². The van der Waals surface area contributed by atoms with E-state index in [0.717, 1.165) is 0 Å². The van der Waals surface area contributed by atoms with Crippen LogP contribution in [0.15, 0.2) is 42.0 Å². The predicted octanol–water partition coefficient (Wildman–Crippen LogP) is 3.46. The standard InChI is InChI=1S/C21H20ClN3O4/c1-3-28-19-10-14(7-8-18(19)29-12-20(24)26)9-15(11-23)21(27)25-17-6-4-5-16(22)13(17)2/h4-10H,3,12H2,1-2H3,(H2,24,26)(H,25,27)/b15-9+. The molecule has 2 rings (SSSR count). The van der Waals surface area contributed by atoms with Crippen LogP contribution in [0.5, 0.6) is 11.5 Å². The highest BCUT2D eigenvalue weighted by Gasteiger charge is 2.13. The van der Waals surface area contributed by atoms with Crippen LogP contribution in [0, 0.1) is 18.3 Å². The van der Waals surface area contributed by atoms with Gasteiger partial charge in [0.05, 0.1) is 6.61 Å². The Labute approximate surface area is 173 Å². The largest absolute Gasteiger partial charge is 0.490 e. The maximum atomic E-state index is 12.5. The molecule has 0 aromatic heterocycles. The van der Waals surface area contributed by atoms with E-state index >= 15 is 0 Å². The average molecular weight is 414 g/mol. The molecule has 8 heteroatoms. The van der Waals surface area contributed by atoms with Crippen LogP contribution in [0.1, 0.15) is 18.1 Å². The van der Waals surface area contributed by atoms with Gasteiger partial charge in [0.25, 0.3) is 11.8 Å². The van der Waals surface area contributed by atoms with E-state index in [0.29, 0.717) is 39.9 Å². The van der Waals surface area contributed by atoms with Crippen LogP contribution in [-0.2, 0) is 9.59 Å². The van der Waals surface area contributed by atoms with Gasteiger partial charge in [-0.05, 0) is 55.3 Å². The van der Waals surface area contributed by atoms with Crippen LogP contribution in [0.25, 0.3) is 6.08 Å². The first kappa shape index (κ1) is 21.8. The molecular formula is C21H20ClN3O4. The van der Waals surface area contributed by atoms with E-state index in [4.69, 9.17) is 26.8 Å². The number of hydrogen-bond donors (Lipinski definition) is 2. The van der Waals surface area contributed by atoms with E-state index < -0.39 is 11.8 Å². The summed E-state index contributed by atoms with van der Waals surface area (Å²) < 4.78 is 10.8. The molecule has 0 saturated carbocycles. The fourth-order valence-electron chi connectivity index (χ4n) is 2.40. The Morgan fingerprint density at radius 1 is 1.24 bits per heavy atom. The first-order valence-electron chi connectivity index (χ1n) is 8.72. The highest BCUT2D eigenvalue weighted by molar-refractivity contribution is 6.31. The average Bonchev–Trinajstić information content (AvgIpc) is 2.69. The topological polar surface area (TPSA) is 114 Å². The predicted molar refractivity (Wildman–Crippen MR) is 111 cm³/mol. The molecule has 0 spiro atoms. The van der Waals surface area contributed by atoms with E-state index in [9.17, 15) is 14.9 Å². The highest BCUT2D eigenvalue weighted by atomic mass is 35.5. The van der Waals surface area contributed by atoms with Gasteiger partial charge in [0.1, 0.15) is 11.6 Å². The molecule has 3 N–H and O–H groups in total. The summed E-state index contributed by atoms with van der Waals surface area (Å²) in [5.74, 6) is -0.479. The van der Waals surface area contributed by atoms with Crippen molar-refractivity contribution in [3.05, 3.63) is 58.1 Å². The Hall–Kier alpha value is -3.50. The van der Waals surface area contributed by atoms with Gasteiger partial charge in [0, 0.05) is 10.7 Å². The Morgan fingerprint density at radius 2 is 2.00 bits per heavy atom. The van der Waals surface area contributed by atoms with Gasteiger partial charge in [-0.2, -0.15) is 5.26 Å². The second-order valence-corrected chi connectivity index (χ2v) is 6.34. The smallest absolute Gasteiger partial charge is 0.266 e. The van der Waals surface area contributed by atoms with Crippen LogP contribution < -0.4 is 20.5 Å². The molecule has 0 bridgehead atoms. The SMILES string of the molecule is CCOc1cc(/C=C(\C#N)C(=O)Nc2cccc(Cl)c2C)ccc1OCC(N)=O. The monoisotopic (exact) mass is 413 g/mol. The summed E-state index contributed by atoms with van der Waals surface area (Å²) in [6.45, 7) is 3.63. The lowest BCUT2D eigenvalue weighted by atomic mass is 10.1. The van der Waals surface area contributed by atoms with Crippen molar-refractivity contribution in [2.24, 2.45) is 5.73 Å². The minimum Gasteiger partial charge on any atom is -0.490 e. The van der Waals surface area contributed by atoms with Crippen LogP contribution in [0.3, 0.4) is 0 Å². The molecule has 2 amide bonds. The maximum Gasteiger partial charge on any atom is 0.266 e. The molecule has 150 valence electrons. The number of nitrogens with one attached hydrogen (secondary N) is 1. The van der Waals surface area contributed by atoms with Crippen molar-refractivity contribution in [3.63, 3.8) is 0 Å². The van der Waals surface area contributed by atoms with Crippen molar-refractivity contribution < 1.29 is 19.1 Å². The van der Waals surface area contributed by atoms with Crippen molar-refractivity contribution in [3.8, 4) is 17.6 Å². The van der Waals surface area contributed by atoms with Crippen LogP contribution in [-0.4, -0.2) is 25.0 Å². The summed E-state index contributed by atoms with van der Waals surface area (Å²) in [6, 6.07) is 11.8. The molecule has 0 aliphatic rings. The van der Waals surface area contributed by atoms with Crippen molar-refractivity contribution >= 4 is 35.2 Å². The normalized spacial score (nSPS) is 10.8. The number of nitrogens with two attached hydrogens (primary N) is 1. The zero-order valence-corrected chi connectivity index (χ0v) is 16.7. The van der Waals surface area contributed by atoms with E-state index in [1.54, 1.807) is 50.2 Å². The summed E-state index contributed by atoms with van der Waals surface area (Å²) in [7, 11) is 0. The summed E-state index contributed by atoms with van der Waals surface area (Å²) in [5.41, 5.74) is 6.77. The van der Waals surface area contributed by atoms with Crippen LogP contribution in [0.2, 0.25) is 5.02 Å². The molecule has 0 unspecified atom stereocenters. The third-order valence-electron chi connectivity index (χ3n) is 3.83. The highest BCUT2D eigenvalue weighted by Crippen LogP contribution is 2.29. The molecule has 0 heterocycles. The number of halogens is 1. The first-order chi connectivity index (χ1) is 13.8. The minimum atomic E-state index is -0.615. The van der Waals surface area contributed by atoms with Crippen LogP contribution >= 0.6 is 11.6 Å². The number of carbonyl (C=O) groups is 2. The summed E-state index contributed by atoms with van der Waals surface area (Å²) in [6.07, 6.45) is 1.43. The molecule has 0 atom stereocenters. The van der Waals surface area contributed by atoms with Crippen molar-refractivity contribution in [2.75, 3.05) is 18.5 Å². The summed E-state index contributed by atoms with van der Waals surface area (Å²) >= 11 is 6.06. The Morgan fingerprint density at radius 3 is 2.66 bits per heavy atom. The van der Waals surface area contributed by atoms with Gasteiger partial charge >= 0.3 is 0 Å². The third-order valence-corrected chi connectivity index (χ3v) is 4.24. The molecule has 0 saturated heterocycles. The maximum absolute atomic E-state index is 12.5. The number of ether oxygens (including phenoxy) is 2. The molecule has 29 heavy (non-hydrogen) atoms. The quantitative estimate of drug-likeness (QED) is 0.508. The molecule has 0 aliphatic heterocycles. The van der Waals surface area contributed by atoms with Gasteiger partial charge in [-0.15, -0.1) is 0 Å². The number of rotatable bonds is 8. The molecule has 0 radical (unpaired) electrons. The Balaban J connectivity index is 2.28. The van der Waals surface area contributed by atoms with Gasteiger partial charge in [0.2, 0.25) is 0 Å². The van der Waals surface area contributed by atoms with E-state index in [2.05, 4.69) is 5.32 Å². The molecule has 2 aromatic carbocycles. The van der Waals surface area contributed by atoms with E-state index in [-0.39, 0.29) is 12.2 Å². The van der Waals surface area contributed by atoms with Gasteiger partial charge in [-0.3, -0.25) is 9.59 Å². The third kappa shape index (κ3) is 5.99. The Bertz CT molecular complexity index is 996. The Kier molecular flexibility index (Phi) is 7.63. The van der Waals surface area contributed by atoms with Crippen molar-refractivity contribution in [1.82, 2.24) is 0 Å². The van der Waals surface area contributed by atoms with Crippen LogP contribution in [0.4, 0.5) is 5.69 Å². The zero-order valence-electron chi connectivity index (χ0n) is 16.0. The zero-order chi connectivity index (χ0) is 21.4. The lowest BCUT2D eigenvalue weighted by molar-refractivity contribution is -0.120. The first-order valence-corrected chi connectivity index (χ1v) is 9.09. The number of primary amides is 1. The number of carbonyl (C=O) groups excluding carboxylic acids is 2. The number of benzene rings is 2. The second-order valence-electron chi connectivity index (χ2n) is 5.93. The van der Waals surface area contributed by atoms with Crippen molar-refractivity contribution in [1.29, 1.82) is 5.26 Å². The lowest BCUT2D eigenvalue weighted by Crippen LogP contribution is -2.20. The summed E-state index contributed by atoms with van der Waals surface area (Å²) in [4.78, 5) is 23.4. The number of nitriles is 1. The molecule has 0 fully saturated rings. The van der Waals surface area contributed by atoms with E-state index in [1.165, 1.54) is 6.08 Å². The number of hydrogen-bond acceptors (Lipinski definition) is 5. The van der Waals surface area contributed by atoms with Gasteiger partial charge in [0.15, 0.2) is 18.1 Å². The minimum absolute atomic E-state index is 0.0994. The van der Waals surface area contributed by atoms with Crippen molar-refractivity contribution in [2.45, 2.75) is 13.8 Å². The lowest BCUT2D eigenvalue weighted by Gasteiger charge is -2.12. The van der Waals surface area contributed by atoms with Gasteiger partial charge < -0.3 is 20.5 Å². The number of nitrogens with zero attached hydrogens (tertiary/aromatic N) is 1. The molecule has 2 aromatic rings. The fraction of sp³-hybridized carbons (Fsp3) is 0.190. The number of anilines is 1. The molecule has 7 nitrogen and oxygen atoms in total. The second kappa shape index (κ2) is 10.2. The molecule has 0 aliphatic carbocycles. The van der Waals surface area contributed by atoms with E-state index in [1.807, 2.05) is 6.07 Å². The fourth-order valence-corrected chi connectivity index (χ4v) is 2.57. The summed E-state index contributed by atoms with van der Waals surface area (Å²) in [5, 5.41) is 12.6. The number of amides is 2. The molecular weight excluding hydrogens is 394 g/mol.